The molecule has 0 unspecified atom stereocenters. The van der Waals surface area contributed by atoms with Gasteiger partial charge in [-0.3, -0.25) is 9.59 Å². The van der Waals surface area contributed by atoms with E-state index in [0.29, 0.717) is 23.6 Å². The molecule has 2 rings (SSSR count). The zero-order chi connectivity index (χ0) is 15.7. The molecule has 0 spiro atoms. The minimum atomic E-state index is -1.13. The van der Waals surface area contributed by atoms with Crippen LogP contribution in [0.5, 0.6) is 0 Å². The molecule has 1 fully saturated rings. The molecule has 8 heteroatoms. The molecular weight excluding hydrogens is 296 g/mol. The van der Waals surface area contributed by atoms with E-state index in [0.717, 1.165) is 0 Å². The maximum Gasteiger partial charge on any atom is 0.353 e. The Morgan fingerprint density at radius 1 is 1.52 bits per heavy atom. The number of fused-ring (bicyclic) bond motifs is 1. The van der Waals surface area contributed by atoms with E-state index in [2.05, 4.69) is 5.32 Å². The van der Waals surface area contributed by atoms with Crippen LogP contribution < -0.4 is 5.32 Å². The van der Waals surface area contributed by atoms with Crippen molar-refractivity contribution in [2.75, 3.05) is 12.3 Å². The molecule has 0 saturated carbocycles. The number of carboxylic acids is 1. The number of nitrogens with zero attached hydrogens (tertiary/aromatic N) is 1. The molecule has 0 aromatic heterocycles. The molecule has 21 heavy (non-hydrogen) atoms. The average Bonchev–Trinajstić information content (AvgIpc) is 2.68. The summed E-state index contributed by atoms with van der Waals surface area (Å²) in [5.41, 5.74) is 0.0229. The van der Waals surface area contributed by atoms with Gasteiger partial charge in [0.15, 0.2) is 0 Å². The van der Waals surface area contributed by atoms with Crippen LogP contribution in [0.25, 0.3) is 0 Å². The number of thioether (sulfide) groups is 1. The van der Waals surface area contributed by atoms with Gasteiger partial charge < -0.3 is 20.4 Å². The van der Waals surface area contributed by atoms with Crippen LogP contribution in [0.1, 0.15) is 20.3 Å². The van der Waals surface area contributed by atoms with Gasteiger partial charge in [-0.1, -0.05) is 0 Å². The number of carbonyl (C=O) groups excluding carboxylic acids is 2. The molecule has 2 heterocycles. The minimum Gasteiger partial charge on any atom is -0.477 e. The minimum absolute atomic E-state index is 0.0229. The normalized spacial score (nSPS) is 25.5. The Labute approximate surface area is 126 Å². The molecule has 0 aliphatic carbocycles. The number of nitrogens with one attached hydrogen (secondary N) is 1. The fraction of sp³-hybridized carbons (Fsp3) is 0.615. The number of aliphatic carboxylic acids is 1. The third kappa shape index (κ3) is 2.91. The SMILES string of the molecule is CC(=O)NCCSC1=C(C(=O)O)N2C(=O)[C@H]([C@@H](C)O)[C@H]2C1. The van der Waals surface area contributed by atoms with Crippen LogP contribution in [0.15, 0.2) is 10.6 Å². The van der Waals surface area contributed by atoms with Crippen molar-refractivity contribution in [3.8, 4) is 0 Å². The molecule has 3 N–H and O–H groups in total. The fourth-order valence-electron chi connectivity index (χ4n) is 2.76. The lowest BCUT2D eigenvalue weighted by atomic mass is 9.83. The molecule has 2 amide bonds. The van der Waals surface area contributed by atoms with E-state index in [1.807, 2.05) is 0 Å². The maximum absolute atomic E-state index is 12.0. The Bertz CT molecular complexity index is 517. The molecule has 2 aliphatic rings. The average molecular weight is 314 g/mol. The van der Waals surface area contributed by atoms with Gasteiger partial charge in [0.1, 0.15) is 5.70 Å². The number of hydrogen-bond acceptors (Lipinski definition) is 5. The summed E-state index contributed by atoms with van der Waals surface area (Å²) in [6.45, 7) is 3.40. The van der Waals surface area contributed by atoms with Gasteiger partial charge in [-0.2, -0.15) is 0 Å². The molecule has 7 nitrogen and oxygen atoms in total. The van der Waals surface area contributed by atoms with Gasteiger partial charge in [-0.15, -0.1) is 11.8 Å². The van der Waals surface area contributed by atoms with E-state index in [1.54, 1.807) is 6.92 Å². The lowest BCUT2D eigenvalue weighted by Gasteiger charge is -2.44. The first-order chi connectivity index (χ1) is 9.84. The summed E-state index contributed by atoms with van der Waals surface area (Å²) in [6.07, 6.45) is -0.328. The van der Waals surface area contributed by atoms with Crippen LogP contribution in [-0.4, -0.2) is 57.3 Å². The zero-order valence-corrected chi connectivity index (χ0v) is 12.6. The highest BCUT2D eigenvalue weighted by molar-refractivity contribution is 8.03. The zero-order valence-electron chi connectivity index (χ0n) is 11.8. The van der Waals surface area contributed by atoms with Gasteiger partial charge in [0, 0.05) is 30.5 Å². The molecule has 3 atom stereocenters. The van der Waals surface area contributed by atoms with E-state index < -0.39 is 18.0 Å². The lowest BCUT2D eigenvalue weighted by Crippen LogP contribution is -2.61. The van der Waals surface area contributed by atoms with Crippen molar-refractivity contribution in [1.82, 2.24) is 10.2 Å². The molecule has 2 aliphatic heterocycles. The highest BCUT2D eigenvalue weighted by atomic mass is 32.2. The van der Waals surface area contributed by atoms with Gasteiger partial charge in [-0.25, -0.2) is 4.79 Å². The van der Waals surface area contributed by atoms with Crippen molar-refractivity contribution >= 4 is 29.5 Å². The Kier molecular flexibility index (Phi) is 4.58. The van der Waals surface area contributed by atoms with E-state index >= 15 is 0 Å². The molecule has 0 aromatic carbocycles. The highest BCUT2D eigenvalue weighted by Gasteiger charge is 2.56. The molecule has 1 saturated heterocycles. The summed E-state index contributed by atoms with van der Waals surface area (Å²) in [6, 6.07) is -0.258. The van der Waals surface area contributed by atoms with Gasteiger partial charge >= 0.3 is 5.97 Å². The summed E-state index contributed by atoms with van der Waals surface area (Å²) in [4.78, 5) is 36.0. The lowest BCUT2D eigenvalue weighted by molar-refractivity contribution is -0.161. The number of β-lactam (4-membered cyclic amide) rings is 1. The molecule has 0 radical (unpaired) electrons. The number of rotatable bonds is 6. The van der Waals surface area contributed by atoms with E-state index in [9.17, 15) is 24.6 Å². The Morgan fingerprint density at radius 2 is 2.19 bits per heavy atom. The van der Waals surface area contributed by atoms with Crippen LogP contribution >= 0.6 is 11.8 Å². The van der Waals surface area contributed by atoms with Crippen molar-refractivity contribution in [1.29, 1.82) is 0 Å². The quantitative estimate of drug-likeness (QED) is 0.461. The first kappa shape index (κ1) is 15.8. The number of aliphatic hydroxyl groups is 1. The predicted molar refractivity (Wildman–Crippen MR) is 76.2 cm³/mol. The second-order valence-corrected chi connectivity index (χ2v) is 6.34. The number of aliphatic hydroxyl groups excluding tert-OH is 1. The molecule has 116 valence electrons. The summed E-state index contributed by atoms with van der Waals surface area (Å²) in [5, 5.41) is 21.5. The van der Waals surface area contributed by atoms with Gasteiger partial charge in [0.25, 0.3) is 0 Å². The highest BCUT2D eigenvalue weighted by Crippen LogP contribution is 2.46. The second kappa shape index (κ2) is 6.07. The second-order valence-electron chi connectivity index (χ2n) is 5.15. The number of amides is 2. The molecule has 0 bridgehead atoms. The van der Waals surface area contributed by atoms with Crippen LogP contribution in [-0.2, 0) is 14.4 Å². The largest absolute Gasteiger partial charge is 0.477 e. The standard InChI is InChI=1S/C13H18N2O5S/c1-6(16)10-8-5-9(21-4-3-14-7(2)17)11(13(19)20)15(8)12(10)18/h6,8,10,16H,3-5H2,1-2H3,(H,14,17)(H,19,20)/t6-,8-,10-/m1/s1. The topological polar surface area (TPSA) is 107 Å². The van der Waals surface area contributed by atoms with Gasteiger partial charge in [0.05, 0.1) is 18.1 Å². The summed E-state index contributed by atoms with van der Waals surface area (Å²) in [7, 11) is 0. The van der Waals surface area contributed by atoms with Crippen molar-refractivity contribution in [3.63, 3.8) is 0 Å². The first-order valence-corrected chi connectivity index (χ1v) is 7.68. The summed E-state index contributed by atoms with van der Waals surface area (Å²) < 4.78 is 0. The number of carbonyl (C=O) groups is 3. The number of carboxylic acid groups (broad SMARTS) is 1. The maximum atomic E-state index is 12.0. The van der Waals surface area contributed by atoms with Crippen molar-refractivity contribution in [3.05, 3.63) is 10.6 Å². The Hall–Kier alpha value is -1.54. The smallest absolute Gasteiger partial charge is 0.353 e. The van der Waals surface area contributed by atoms with E-state index in [-0.39, 0.29) is 23.6 Å². The first-order valence-electron chi connectivity index (χ1n) is 6.69. The summed E-state index contributed by atoms with van der Waals surface area (Å²) >= 11 is 1.33. The fourth-order valence-corrected chi connectivity index (χ4v) is 3.82. The van der Waals surface area contributed by atoms with Crippen molar-refractivity contribution in [2.45, 2.75) is 32.4 Å². The van der Waals surface area contributed by atoms with Crippen LogP contribution in [0, 0.1) is 5.92 Å². The van der Waals surface area contributed by atoms with E-state index in [1.165, 1.54) is 23.6 Å². The van der Waals surface area contributed by atoms with Gasteiger partial charge in [-0.05, 0) is 6.92 Å². The van der Waals surface area contributed by atoms with E-state index in [4.69, 9.17) is 0 Å². The Morgan fingerprint density at radius 3 is 2.71 bits per heavy atom. The monoisotopic (exact) mass is 314 g/mol. The van der Waals surface area contributed by atoms with Crippen molar-refractivity contribution in [2.24, 2.45) is 5.92 Å². The van der Waals surface area contributed by atoms with Crippen LogP contribution in [0.2, 0.25) is 0 Å². The number of hydrogen-bond donors (Lipinski definition) is 3. The summed E-state index contributed by atoms with van der Waals surface area (Å²) in [5.74, 6) is -1.57. The van der Waals surface area contributed by atoms with Crippen LogP contribution in [0.4, 0.5) is 0 Å². The Balaban J connectivity index is 2.04. The van der Waals surface area contributed by atoms with Gasteiger partial charge in [0.2, 0.25) is 11.8 Å². The van der Waals surface area contributed by atoms with Crippen molar-refractivity contribution < 1.29 is 24.6 Å². The third-order valence-electron chi connectivity index (χ3n) is 3.64. The molecular formula is C13H18N2O5S. The van der Waals surface area contributed by atoms with Crippen LogP contribution in [0.3, 0.4) is 0 Å². The predicted octanol–water partition coefficient (Wildman–Crippen LogP) is -0.237. The third-order valence-corrected chi connectivity index (χ3v) is 4.76. The molecule has 0 aromatic rings.